The summed E-state index contributed by atoms with van der Waals surface area (Å²) < 4.78 is 2.20. The molecule has 7 heteroatoms. The number of nitrogens with one attached hydrogen (secondary N) is 1. The topological polar surface area (TPSA) is 49.2 Å². The van der Waals surface area contributed by atoms with Gasteiger partial charge in [-0.15, -0.1) is 10.2 Å². The summed E-state index contributed by atoms with van der Waals surface area (Å²) in [5, 5.41) is 14.7. The molecule has 0 amide bonds. The van der Waals surface area contributed by atoms with E-state index < -0.39 is 0 Å². The molecular weight excluding hydrogens is 380 g/mol. The van der Waals surface area contributed by atoms with Crippen LogP contribution in [0.4, 0.5) is 5.13 Å². The minimum absolute atomic E-state index is 0.881. The van der Waals surface area contributed by atoms with Crippen LogP contribution >= 0.6 is 11.3 Å². The Labute approximate surface area is 179 Å². The molecule has 4 heterocycles. The molecule has 2 fully saturated rings. The highest BCUT2D eigenvalue weighted by Crippen LogP contribution is 2.26. The third-order valence-electron chi connectivity index (χ3n) is 6.15. The van der Waals surface area contributed by atoms with Crippen LogP contribution in [0.3, 0.4) is 0 Å². The standard InChI is InChI=1S/C22H36N6S/c1-2-6-14-26(13-5-1)15-10-12-23-19-20-11-9-18-28(20)22-25-24-21(29-22)27-16-7-3-4-8-17-27/h9,11,18,23H,1-8,10,12-17,19H2. The van der Waals surface area contributed by atoms with E-state index in [1.807, 2.05) is 0 Å². The number of hydrogen-bond donors (Lipinski definition) is 1. The zero-order valence-corrected chi connectivity index (χ0v) is 18.5. The minimum Gasteiger partial charge on any atom is -0.347 e. The van der Waals surface area contributed by atoms with Crippen molar-refractivity contribution in [1.82, 2.24) is 25.0 Å². The molecule has 2 aromatic heterocycles. The van der Waals surface area contributed by atoms with Crippen LogP contribution in [0.1, 0.15) is 63.5 Å². The van der Waals surface area contributed by atoms with Crippen molar-refractivity contribution >= 4 is 16.5 Å². The van der Waals surface area contributed by atoms with Gasteiger partial charge in [0.1, 0.15) is 0 Å². The Balaban J connectivity index is 1.25. The van der Waals surface area contributed by atoms with Crippen LogP contribution < -0.4 is 10.2 Å². The fourth-order valence-corrected chi connectivity index (χ4v) is 5.36. The Hall–Kier alpha value is -1.44. The van der Waals surface area contributed by atoms with E-state index in [9.17, 15) is 0 Å². The van der Waals surface area contributed by atoms with Gasteiger partial charge >= 0.3 is 0 Å². The number of rotatable bonds is 8. The van der Waals surface area contributed by atoms with Crippen molar-refractivity contribution in [2.24, 2.45) is 0 Å². The Morgan fingerprint density at radius 3 is 2.31 bits per heavy atom. The third kappa shape index (κ3) is 6.03. The molecule has 0 bridgehead atoms. The molecule has 0 saturated carbocycles. The summed E-state index contributed by atoms with van der Waals surface area (Å²) in [5.41, 5.74) is 1.26. The summed E-state index contributed by atoms with van der Waals surface area (Å²) in [5.74, 6) is 0. The first-order valence-corrected chi connectivity index (χ1v) is 12.4. The number of anilines is 1. The van der Waals surface area contributed by atoms with Crippen molar-refractivity contribution in [3.63, 3.8) is 0 Å². The zero-order valence-electron chi connectivity index (χ0n) is 17.7. The van der Waals surface area contributed by atoms with Gasteiger partial charge in [-0.05, 0) is 70.4 Å². The van der Waals surface area contributed by atoms with Gasteiger partial charge in [0, 0.05) is 31.5 Å². The van der Waals surface area contributed by atoms with Gasteiger partial charge in [0.2, 0.25) is 10.3 Å². The normalized spacial score (nSPS) is 19.2. The van der Waals surface area contributed by atoms with Gasteiger partial charge in [0.25, 0.3) is 0 Å². The first-order valence-electron chi connectivity index (χ1n) is 11.6. The summed E-state index contributed by atoms with van der Waals surface area (Å²) >= 11 is 1.72. The van der Waals surface area contributed by atoms with Crippen LogP contribution in [0.2, 0.25) is 0 Å². The van der Waals surface area contributed by atoms with Crippen molar-refractivity contribution in [3.8, 4) is 5.13 Å². The average molecular weight is 417 g/mol. The summed E-state index contributed by atoms with van der Waals surface area (Å²) in [6.07, 6.45) is 14.1. The molecule has 0 atom stereocenters. The predicted octanol–water partition coefficient (Wildman–Crippen LogP) is 4.06. The van der Waals surface area contributed by atoms with E-state index in [-0.39, 0.29) is 0 Å². The second-order valence-electron chi connectivity index (χ2n) is 8.42. The lowest BCUT2D eigenvalue weighted by Crippen LogP contribution is -2.28. The Morgan fingerprint density at radius 2 is 1.55 bits per heavy atom. The van der Waals surface area contributed by atoms with Crippen LogP contribution in [0, 0.1) is 0 Å². The lowest BCUT2D eigenvalue weighted by atomic mass is 10.2. The van der Waals surface area contributed by atoms with Crippen LogP contribution in [0.25, 0.3) is 5.13 Å². The van der Waals surface area contributed by atoms with E-state index in [1.54, 1.807) is 11.3 Å². The van der Waals surface area contributed by atoms with Gasteiger partial charge in [-0.3, -0.25) is 4.57 Å². The van der Waals surface area contributed by atoms with Crippen molar-refractivity contribution in [2.45, 2.75) is 64.3 Å². The van der Waals surface area contributed by atoms with Gasteiger partial charge in [0.05, 0.1) is 0 Å². The van der Waals surface area contributed by atoms with Gasteiger partial charge in [-0.25, -0.2) is 0 Å². The summed E-state index contributed by atoms with van der Waals surface area (Å²) in [4.78, 5) is 5.06. The summed E-state index contributed by atoms with van der Waals surface area (Å²) in [6.45, 7) is 7.99. The van der Waals surface area contributed by atoms with Crippen LogP contribution in [-0.4, -0.2) is 58.9 Å². The molecule has 29 heavy (non-hydrogen) atoms. The van der Waals surface area contributed by atoms with E-state index >= 15 is 0 Å². The minimum atomic E-state index is 0.881. The molecule has 0 aromatic carbocycles. The highest BCUT2D eigenvalue weighted by Gasteiger charge is 2.16. The fraction of sp³-hybridized carbons (Fsp3) is 0.727. The Bertz CT molecular complexity index is 710. The quantitative estimate of drug-likeness (QED) is 0.658. The van der Waals surface area contributed by atoms with E-state index in [4.69, 9.17) is 0 Å². The average Bonchev–Trinajstić information content (AvgIpc) is 3.21. The smallest absolute Gasteiger partial charge is 0.218 e. The third-order valence-corrected chi connectivity index (χ3v) is 7.14. The van der Waals surface area contributed by atoms with Crippen LogP contribution in [-0.2, 0) is 6.54 Å². The van der Waals surface area contributed by atoms with Crippen LogP contribution in [0.5, 0.6) is 0 Å². The molecule has 1 N–H and O–H groups in total. The maximum Gasteiger partial charge on any atom is 0.218 e. The second-order valence-corrected chi connectivity index (χ2v) is 9.36. The molecular formula is C22H36N6S. The molecule has 2 aliphatic heterocycles. The highest BCUT2D eigenvalue weighted by atomic mass is 32.1. The number of aromatic nitrogens is 3. The van der Waals surface area contributed by atoms with Crippen molar-refractivity contribution in [1.29, 1.82) is 0 Å². The molecule has 0 aliphatic carbocycles. The summed E-state index contributed by atoms with van der Waals surface area (Å²) in [7, 11) is 0. The van der Waals surface area contributed by atoms with E-state index in [0.29, 0.717) is 0 Å². The molecule has 2 aliphatic rings. The van der Waals surface area contributed by atoms with E-state index in [2.05, 4.69) is 48.2 Å². The lowest BCUT2D eigenvalue weighted by molar-refractivity contribution is 0.280. The Morgan fingerprint density at radius 1 is 0.862 bits per heavy atom. The fourth-order valence-electron chi connectivity index (χ4n) is 4.45. The zero-order chi connectivity index (χ0) is 19.7. The largest absolute Gasteiger partial charge is 0.347 e. The van der Waals surface area contributed by atoms with E-state index in [1.165, 1.54) is 83.1 Å². The molecule has 2 aromatic rings. The maximum absolute atomic E-state index is 4.50. The SMILES string of the molecule is c1cc(CNCCCN2CCCCCC2)n(-c2nnc(N3CCCCCC3)s2)c1. The second kappa shape index (κ2) is 11.1. The lowest BCUT2D eigenvalue weighted by Gasteiger charge is -2.19. The molecule has 6 nitrogen and oxygen atoms in total. The van der Waals surface area contributed by atoms with Crippen LogP contribution in [0.15, 0.2) is 18.3 Å². The van der Waals surface area contributed by atoms with Gasteiger partial charge < -0.3 is 15.1 Å². The maximum atomic E-state index is 4.50. The van der Waals surface area contributed by atoms with Gasteiger partial charge in [-0.1, -0.05) is 37.0 Å². The van der Waals surface area contributed by atoms with Crippen molar-refractivity contribution in [2.75, 3.05) is 44.2 Å². The monoisotopic (exact) mass is 416 g/mol. The highest BCUT2D eigenvalue weighted by molar-refractivity contribution is 7.17. The molecule has 160 valence electrons. The van der Waals surface area contributed by atoms with Gasteiger partial charge in [-0.2, -0.15) is 0 Å². The molecule has 2 saturated heterocycles. The van der Waals surface area contributed by atoms with E-state index in [0.717, 1.165) is 36.4 Å². The number of nitrogens with zero attached hydrogens (tertiary/aromatic N) is 5. The molecule has 4 rings (SSSR count). The summed E-state index contributed by atoms with van der Waals surface area (Å²) in [6, 6.07) is 4.30. The number of likely N-dealkylation sites (tertiary alicyclic amines) is 1. The van der Waals surface area contributed by atoms with Gasteiger partial charge in [0.15, 0.2) is 0 Å². The van der Waals surface area contributed by atoms with Crippen molar-refractivity contribution in [3.05, 3.63) is 24.0 Å². The molecule has 0 unspecified atom stereocenters. The van der Waals surface area contributed by atoms with Crippen molar-refractivity contribution < 1.29 is 0 Å². The number of hydrogen-bond acceptors (Lipinski definition) is 6. The Kier molecular flexibility index (Phi) is 7.96. The first-order chi connectivity index (χ1) is 14.4. The molecule has 0 radical (unpaired) electrons. The molecule has 0 spiro atoms. The first kappa shape index (κ1) is 20.8. The predicted molar refractivity (Wildman–Crippen MR) is 121 cm³/mol.